The second kappa shape index (κ2) is 12.5. The zero-order chi connectivity index (χ0) is 34.4. The lowest BCUT2D eigenvalue weighted by Crippen LogP contribution is -2.09. The van der Waals surface area contributed by atoms with Gasteiger partial charge >= 0.3 is 0 Å². The first-order valence-electron chi connectivity index (χ1n) is 17.1. The third-order valence-electron chi connectivity index (χ3n) is 9.42. The summed E-state index contributed by atoms with van der Waals surface area (Å²) in [6, 6.07) is 54.6. The lowest BCUT2D eigenvalue weighted by molar-refractivity contribution is 1.27. The predicted octanol–water partition coefficient (Wildman–Crippen LogP) is 11.8. The average molecular weight is 685 g/mol. The van der Waals surface area contributed by atoms with Crippen molar-refractivity contribution in [2.45, 2.75) is 0 Å². The molecule has 52 heavy (non-hydrogen) atoms. The maximum absolute atomic E-state index is 5.07. The van der Waals surface area contributed by atoms with Crippen molar-refractivity contribution in [2.24, 2.45) is 0 Å². The van der Waals surface area contributed by atoms with Crippen LogP contribution >= 0.6 is 11.3 Å². The van der Waals surface area contributed by atoms with Crippen molar-refractivity contribution >= 4 is 70.8 Å². The Labute approximate surface area is 303 Å². The maximum atomic E-state index is 5.07. The third kappa shape index (κ3) is 5.41. The van der Waals surface area contributed by atoms with Crippen molar-refractivity contribution in [1.82, 2.24) is 24.9 Å². The smallest absolute Gasteiger partial charge is 0.125 e. The molecule has 6 heterocycles. The van der Waals surface area contributed by atoms with Crippen molar-refractivity contribution in [1.29, 1.82) is 0 Å². The zero-order valence-electron chi connectivity index (χ0n) is 27.8. The van der Waals surface area contributed by atoms with Gasteiger partial charge < -0.3 is 4.90 Å². The summed E-state index contributed by atoms with van der Waals surface area (Å²) >= 11 is 1.74. The van der Waals surface area contributed by atoms with E-state index < -0.39 is 0 Å². The van der Waals surface area contributed by atoms with Gasteiger partial charge in [0.2, 0.25) is 0 Å². The molecule has 0 saturated heterocycles. The van der Waals surface area contributed by atoms with E-state index in [0.717, 1.165) is 77.7 Å². The van der Waals surface area contributed by atoms with Gasteiger partial charge in [-0.3, -0.25) is 9.97 Å². The molecule has 10 rings (SSSR count). The molecular formula is C45H28N6S. The number of nitrogens with zero attached hydrogens (tertiary/aromatic N) is 6. The Balaban J connectivity index is 1.02. The number of benzene rings is 4. The van der Waals surface area contributed by atoms with Gasteiger partial charge in [-0.2, -0.15) is 0 Å². The Morgan fingerprint density at radius 3 is 1.38 bits per heavy atom. The van der Waals surface area contributed by atoms with Crippen LogP contribution in [0, 0.1) is 0 Å². The van der Waals surface area contributed by atoms with Gasteiger partial charge in [-0.05, 0) is 103 Å². The summed E-state index contributed by atoms with van der Waals surface area (Å²) in [5.74, 6) is 0. The lowest BCUT2D eigenvalue weighted by Gasteiger charge is -2.26. The molecule has 0 spiro atoms. The van der Waals surface area contributed by atoms with Gasteiger partial charge in [0.15, 0.2) is 0 Å². The number of thiophene rings is 1. The zero-order valence-corrected chi connectivity index (χ0v) is 28.6. The summed E-state index contributed by atoms with van der Waals surface area (Å²) in [7, 11) is 0. The Bertz CT molecular complexity index is 2780. The maximum Gasteiger partial charge on any atom is 0.125 e. The van der Waals surface area contributed by atoms with Crippen molar-refractivity contribution in [3.63, 3.8) is 0 Å². The first kappa shape index (κ1) is 30.0. The summed E-state index contributed by atoms with van der Waals surface area (Å²) in [5.41, 5.74) is 12.6. The highest BCUT2D eigenvalue weighted by Gasteiger charge is 2.15. The van der Waals surface area contributed by atoms with Gasteiger partial charge in [0, 0.05) is 61.6 Å². The number of fused-ring (bicyclic) bond motifs is 5. The molecule has 244 valence electrons. The monoisotopic (exact) mass is 684 g/mol. The highest BCUT2D eigenvalue weighted by atomic mass is 32.1. The van der Waals surface area contributed by atoms with Gasteiger partial charge in [-0.25, -0.2) is 15.0 Å². The lowest BCUT2D eigenvalue weighted by atomic mass is 10.1. The second-order valence-electron chi connectivity index (χ2n) is 12.6. The third-order valence-corrected chi connectivity index (χ3v) is 10.5. The summed E-state index contributed by atoms with van der Waals surface area (Å²) in [4.78, 5) is 27.0. The van der Waals surface area contributed by atoms with Crippen LogP contribution < -0.4 is 4.90 Å². The van der Waals surface area contributed by atoms with Crippen LogP contribution in [-0.4, -0.2) is 24.9 Å². The molecule has 0 saturated carbocycles. The molecule has 7 heteroatoms. The van der Waals surface area contributed by atoms with Gasteiger partial charge in [-0.1, -0.05) is 54.6 Å². The van der Waals surface area contributed by atoms with Crippen LogP contribution in [0.4, 0.5) is 17.1 Å². The Morgan fingerprint density at radius 2 is 0.846 bits per heavy atom. The van der Waals surface area contributed by atoms with Crippen molar-refractivity contribution < 1.29 is 0 Å². The highest BCUT2D eigenvalue weighted by Crippen LogP contribution is 2.38. The average Bonchev–Trinajstić information content (AvgIpc) is 3.59. The minimum atomic E-state index is 0.879. The molecule has 0 unspecified atom stereocenters. The fourth-order valence-electron chi connectivity index (χ4n) is 6.79. The molecule has 10 aromatic rings. The number of rotatable bonds is 6. The van der Waals surface area contributed by atoms with Gasteiger partial charge in [0.05, 0.1) is 39.1 Å². The van der Waals surface area contributed by atoms with Crippen LogP contribution in [-0.2, 0) is 0 Å². The van der Waals surface area contributed by atoms with Crippen LogP contribution in [0.5, 0.6) is 0 Å². The van der Waals surface area contributed by atoms with E-state index in [4.69, 9.17) is 15.0 Å². The van der Waals surface area contributed by atoms with E-state index in [2.05, 4.69) is 124 Å². The number of hydrogen-bond acceptors (Lipinski definition) is 7. The minimum Gasteiger partial charge on any atom is -0.311 e. The Kier molecular flexibility index (Phi) is 7.22. The van der Waals surface area contributed by atoms with E-state index >= 15 is 0 Å². The molecule has 0 aliphatic heterocycles. The highest BCUT2D eigenvalue weighted by molar-refractivity contribution is 7.25. The van der Waals surface area contributed by atoms with Crippen LogP contribution in [0.2, 0.25) is 0 Å². The largest absolute Gasteiger partial charge is 0.311 e. The van der Waals surface area contributed by atoms with Crippen LogP contribution in [0.1, 0.15) is 0 Å². The Hall–Kier alpha value is -6.83. The van der Waals surface area contributed by atoms with Crippen LogP contribution in [0.15, 0.2) is 170 Å². The van der Waals surface area contributed by atoms with Gasteiger partial charge in [-0.15, -0.1) is 11.3 Å². The fourth-order valence-corrected chi connectivity index (χ4v) is 7.87. The molecule has 0 N–H and O–H groups in total. The number of aromatic nitrogens is 5. The molecular weight excluding hydrogens is 657 g/mol. The summed E-state index contributed by atoms with van der Waals surface area (Å²) in [6.45, 7) is 0. The molecule has 0 radical (unpaired) electrons. The topological polar surface area (TPSA) is 67.7 Å². The summed E-state index contributed by atoms with van der Waals surface area (Å²) < 4.78 is 1.26. The normalized spacial score (nSPS) is 11.5. The minimum absolute atomic E-state index is 0.879. The van der Waals surface area contributed by atoms with E-state index in [1.54, 1.807) is 23.7 Å². The van der Waals surface area contributed by atoms with Crippen molar-refractivity contribution in [3.8, 4) is 33.8 Å². The molecule has 0 atom stereocenters. The second-order valence-corrected chi connectivity index (χ2v) is 13.6. The van der Waals surface area contributed by atoms with E-state index in [9.17, 15) is 0 Å². The first-order chi connectivity index (χ1) is 25.7. The molecule has 0 bridgehead atoms. The molecule has 0 aliphatic rings. The van der Waals surface area contributed by atoms with Gasteiger partial charge in [0.1, 0.15) is 4.83 Å². The molecule has 4 aromatic carbocycles. The number of hydrogen-bond donors (Lipinski definition) is 0. The molecule has 0 amide bonds. The SMILES string of the molecule is c1cnc2ccc(-c3ccc(N(c4ccc(-c5ccc6ncccc6n5)cc4)c4ccc(-c5ccc6c(n5)sc5ccccc56)cc4)cc3)nc2c1. The molecule has 0 fully saturated rings. The predicted molar refractivity (Wildman–Crippen MR) is 214 cm³/mol. The van der Waals surface area contributed by atoms with E-state index in [0.29, 0.717) is 0 Å². The fraction of sp³-hybridized carbons (Fsp3) is 0. The molecule has 6 nitrogen and oxygen atoms in total. The Morgan fingerprint density at radius 1 is 0.365 bits per heavy atom. The van der Waals surface area contributed by atoms with E-state index in [-0.39, 0.29) is 0 Å². The van der Waals surface area contributed by atoms with Gasteiger partial charge in [0.25, 0.3) is 0 Å². The first-order valence-corrected chi connectivity index (χ1v) is 17.9. The van der Waals surface area contributed by atoms with E-state index in [1.807, 2.05) is 48.5 Å². The standard InChI is InChI=1S/C45H28N6S/c1-2-8-44-35(5-1)36-21-22-39(50-45(36)52-44)31-13-19-34(20-14-31)51(32-15-9-29(10-16-32)37-23-25-40-42(48-37)6-3-27-46-40)33-17-11-30(12-18-33)38-24-26-41-43(49-38)7-4-28-47-41/h1-28H. The van der Waals surface area contributed by atoms with Crippen LogP contribution in [0.25, 0.3) is 76.1 Å². The molecule has 6 aromatic heterocycles. The quantitative estimate of drug-likeness (QED) is 0.174. The van der Waals surface area contributed by atoms with Crippen molar-refractivity contribution in [3.05, 3.63) is 170 Å². The summed E-state index contributed by atoms with van der Waals surface area (Å²) in [5, 5.41) is 2.46. The van der Waals surface area contributed by atoms with Crippen molar-refractivity contribution in [2.75, 3.05) is 4.90 Å². The molecule has 0 aliphatic carbocycles. The van der Waals surface area contributed by atoms with Crippen LogP contribution in [0.3, 0.4) is 0 Å². The number of pyridine rings is 5. The number of anilines is 3. The van der Waals surface area contributed by atoms with E-state index in [1.165, 1.54) is 15.5 Å². The summed E-state index contributed by atoms with van der Waals surface area (Å²) in [6.07, 6.45) is 3.59.